The maximum atomic E-state index is 13.1. The highest BCUT2D eigenvalue weighted by atomic mass is 19.1. The van der Waals surface area contributed by atoms with Crippen molar-refractivity contribution < 1.29 is 14.3 Å². The number of carboxylic acids is 1. The minimum atomic E-state index is -1.08. The quantitative estimate of drug-likeness (QED) is 0.741. The van der Waals surface area contributed by atoms with Crippen molar-refractivity contribution in [1.82, 2.24) is 9.78 Å². The molecule has 0 spiro atoms. The van der Waals surface area contributed by atoms with Crippen molar-refractivity contribution in [1.29, 1.82) is 0 Å². The van der Waals surface area contributed by atoms with Gasteiger partial charge >= 0.3 is 5.97 Å². The topological polar surface area (TPSA) is 55.1 Å². The molecule has 1 N–H and O–H groups in total. The van der Waals surface area contributed by atoms with Crippen molar-refractivity contribution in [2.75, 3.05) is 0 Å². The molecule has 3 rings (SSSR count). The fraction of sp³-hybridized carbons (Fsp3) is 0.200. The molecule has 0 unspecified atom stereocenters. The molecule has 1 heterocycles. The van der Waals surface area contributed by atoms with Gasteiger partial charge in [-0.05, 0) is 48.2 Å². The molecule has 0 aliphatic rings. The molecule has 0 bridgehead atoms. The fourth-order valence-corrected chi connectivity index (χ4v) is 2.74. The standard InChI is InChI=1S/C20H19FN2O2/c1-13(2)11-14-3-5-15(6-4-14)18-12-19(20(24)25)23(22-18)17-9-7-16(21)8-10-17/h3-10,12-13H,11H2,1-2H3,(H,24,25). The summed E-state index contributed by atoms with van der Waals surface area (Å²) in [4.78, 5) is 11.5. The van der Waals surface area contributed by atoms with Crippen LogP contribution in [0.4, 0.5) is 4.39 Å². The van der Waals surface area contributed by atoms with Crippen LogP contribution in [0, 0.1) is 11.7 Å². The molecule has 0 saturated heterocycles. The summed E-state index contributed by atoms with van der Waals surface area (Å²) in [6.07, 6.45) is 0.991. The summed E-state index contributed by atoms with van der Waals surface area (Å²) in [5, 5.41) is 13.9. The van der Waals surface area contributed by atoms with Gasteiger partial charge in [0.2, 0.25) is 0 Å². The molecule has 0 atom stereocenters. The molecule has 2 aromatic carbocycles. The summed E-state index contributed by atoms with van der Waals surface area (Å²) < 4.78 is 14.4. The lowest BCUT2D eigenvalue weighted by Gasteiger charge is -2.05. The molecule has 0 aliphatic heterocycles. The number of carboxylic acid groups (broad SMARTS) is 1. The molecular formula is C20H19FN2O2. The van der Waals surface area contributed by atoms with E-state index in [1.807, 2.05) is 24.3 Å². The number of carbonyl (C=O) groups is 1. The van der Waals surface area contributed by atoms with Crippen molar-refractivity contribution in [3.8, 4) is 16.9 Å². The highest BCUT2D eigenvalue weighted by Gasteiger charge is 2.16. The van der Waals surface area contributed by atoms with Gasteiger partial charge in [0.15, 0.2) is 5.69 Å². The van der Waals surface area contributed by atoms with Crippen LogP contribution < -0.4 is 0 Å². The SMILES string of the molecule is CC(C)Cc1ccc(-c2cc(C(=O)O)n(-c3ccc(F)cc3)n2)cc1. The van der Waals surface area contributed by atoms with E-state index in [0.717, 1.165) is 12.0 Å². The summed E-state index contributed by atoms with van der Waals surface area (Å²) in [6, 6.07) is 15.1. The largest absolute Gasteiger partial charge is 0.477 e. The molecular weight excluding hydrogens is 319 g/mol. The van der Waals surface area contributed by atoms with Gasteiger partial charge in [0.1, 0.15) is 5.82 Å². The van der Waals surface area contributed by atoms with Crippen LogP contribution in [0.5, 0.6) is 0 Å². The minimum absolute atomic E-state index is 0.0351. The number of halogens is 1. The Kier molecular flexibility index (Phi) is 4.65. The Bertz CT molecular complexity index is 881. The van der Waals surface area contributed by atoms with Gasteiger partial charge in [-0.25, -0.2) is 13.9 Å². The zero-order valence-corrected chi connectivity index (χ0v) is 14.1. The van der Waals surface area contributed by atoms with Crippen molar-refractivity contribution in [2.45, 2.75) is 20.3 Å². The third kappa shape index (κ3) is 3.76. The van der Waals surface area contributed by atoms with E-state index in [1.54, 1.807) is 0 Å². The number of hydrogen-bond acceptors (Lipinski definition) is 2. The third-order valence-corrected chi connectivity index (χ3v) is 3.89. The van der Waals surface area contributed by atoms with Gasteiger partial charge in [-0.1, -0.05) is 38.1 Å². The molecule has 0 amide bonds. The van der Waals surface area contributed by atoms with Crippen molar-refractivity contribution >= 4 is 5.97 Å². The van der Waals surface area contributed by atoms with Gasteiger partial charge in [0.25, 0.3) is 0 Å². The second-order valence-electron chi connectivity index (χ2n) is 6.40. The Balaban J connectivity index is 1.99. The summed E-state index contributed by atoms with van der Waals surface area (Å²) in [6.45, 7) is 4.33. The van der Waals surface area contributed by atoms with E-state index in [2.05, 4.69) is 18.9 Å². The average Bonchev–Trinajstić information content (AvgIpc) is 3.01. The van der Waals surface area contributed by atoms with Crippen LogP contribution in [0.3, 0.4) is 0 Å². The summed E-state index contributed by atoms with van der Waals surface area (Å²) >= 11 is 0. The van der Waals surface area contributed by atoms with Crippen LogP contribution >= 0.6 is 0 Å². The van der Waals surface area contributed by atoms with Crippen molar-refractivity contribution in [3.63, 3.8) is 0 Å². The Morgan fingerprint density at radius 2 is 1.76 bits per heavy atom. The van der Waals surface area contributed by atoms with Crippen LogP contribution in [-0.4, -0.2) is 20.9 Å². The van der Waals surface area contributed by atoms with E-state index in [1.165, 1.54) is 40.6 Å². The molecule has 128 valence electrons. The molecule has 1 aromatic heterocycles. The van der Waals surface area contributed by atoms with E-state index >= 15 is 0 Å². The molecule has 0 aliphatic carbocycles. The van der Waals surface area contributed by atoms with Gasteiger partial charge in [0.05, 0.1) is 11.4 Å². The first-order chi connectivity index (χ1) is 11.9. The predicted molar refractivity (Wildman–Crippen MR) is 94.5 cm³/mol. The number of rotatable bonds is 5. The molecule has 25 heavy (non-hydrogen) atoms. The number of aromatic carboxylic acids is 1. The first-order valence-corrected chi connectivity index (χ1v) is 8.12. The van der Waals surface area contributed by atoms with Gasteiger partial charge in [-0.2, -0.15) is 5.10 Å². The summed E-state index contributed by atoms with van der Waals surface area (Å²) in [7, 11) is 0. The average molecular weight is 338 g/mol. The van der Waals surface area contributed by atoms with Gasteiger partial charge in [0, 0.05) is 5.56 Å². The lowest BCUT2D eigenvalue weighted by atomic mass is 10.0. The normalized spacial score (nSPS) is 11.0. The van der Waals surface area contributed by atoms with Crippen molar-refractivity contribution in [3.05, 3.63) is 71.7 Å². The van der Waals surface area contributed by atoms with Crippen LogP contribution in [0.2, 0.25) is 0 Å². The lowest BCUT2D eigenvalue weighted by Crippen LogP contribution is -2.07. The van der Waals surface area contributed by atoms with Gasteiger partial charge < -0.3 is 5.11 Å². The second-order valence-corrected chi connectivity index (χ2v) is 6.40. The molecule has 0 fully saturated rings. The van der Waals surface area contributed by atoms with Gasteiger partial charge in [-0.3, -0.25) is 0 Å². The van der Waals surface area contributed by atoms with Crippen LogP contribution in [-0.2, 0) is 6.42 Å². The highest BCUT2D eigenvalue weighted by molar-refractivity contribution is 5.88. The van der Waals surface area contributed by atoms with Crippen LogP contribution in [0.25, 0.3) is 16.9 Å². The monoisotopic (exact) mass is 338 g/mol. The van der Waals surface area contributed by atoms with Crippen molar-refractivity contribution in [2.24, 2.45) is 5.92 Å². The molecule has 0 saturated carbocycles. The Morgan fingerprint density at radius 1 is 1.12 bits per heavy atom. The fourth-order valence-electron chi connectivity index (χ4n) is 2.74. The predicted octanol–water partition coefficient (Wildman–Crippen LogP) is 4.58. The first-order valence-electron chi connectivity index (χ1n) is 8.12. The van der Waals surface area contributed by atoms with E-state index in [4.69, 9.17) is 0 Å². The Hall–Kier alpha value is -2.95. The number of aromatic nitrogens is 2. The highest BCUT2D eigenvalue weighted by Crippen LogP contribution is 2.23. The zero-order valence-electron chi connectivity index (χ0n) is 14.1. The summed E-state index contributed by atoms with van der Waals surface area (Å²) in [5.41, 5.74) is 3.18. The molecule has 5 heteroatoms. The number of nitrogens with zero attached hydrogens (tertiary/aromatic N) is 2. The smallest absolute Gasteiger partial charge is 0.354 e. The lowest BCUT2D eigenvalue weighted by molar-refractivity contribution is 0.0687. The first kappa shape index (κ1) is 16.9. The van der Waals surface area contributed by atoms with E-state index in [-0.39, 0.29) is 11.5 Å². The molecule has 3 aromatic rings. The number of hydrogen-bond donors (Lipinski definition) is 1. The zero-order chi connectivity index (χ0) is 18.0. The Labute approximate surface area is 145 Å². The van der Waals surface area contributed by atoms with E-state index in [9.17, 15) is 14.3 Å². The minimum Gasteiger partial charge on any atom is -0.477 e. The maximum Gasteiger partial charge on any atom is 0.354 e. The maximum absolute atomic E-state index is 13.1. The molecule has 0 radical (unpaired) electrons. The van der Waals surface area contributed by atoms with E-state index in [0.29, 0.717) is 17.3 Å². The number of benzene rings is 2. The Morgan fingerprint density at radius 3 is 2.32 bits per heavy atom. The second kappa shape index (κ2) is 6.89. The van der Waals surface area contributed by atoms with Crippen LogP contribution in [0.1, 0.15) is 29.9 Å². The van der Waals surface area contributed by atoms with E-state index < -0.39 is 5.97 Å². The third-order valence-electron chi connectivity index (χ3n) is 3.89. The molecule has 4 nitrogen and oxygen atoms in total. The summed E-state index contributed by atoms with van der Waals surface area (Å²) in [5.74, 6) is -0.893. The van der Waals surface area contributed by atoms with Crippen LogP contribution in [0.15, 0.2) is 54.6 Å². The van der Waals surface area contributed by atoms with Gasteiger partial charge in [-0.15, -0.1) is 0 Å².